The van der Waals surface area contributed by atoms with E-state index in [1.807, 2.05) is 36.1 Å². The average Bonchev–Trinajstić information content (AvgIpc) is 3.13. The van der Waals surface area contributed by atoms with Crippen molar-refractivity contribution in [3.63, 3.8) is 0 Å². The first kappa shape index (κ1) is 17.6. The number of piperazine rings is 1. The molecular weight excluding hydrogens is 318 g/mol. The second-order valence-electron chi connectivity index (χ2n) is 6.90. The number of hydrogen-bond donors (Lipinski definition) is 1. The van der Waals surface area contributed by atoms with Crippen molar-refractivity contribution in [1.82, 2.24) is 15.1 Å². The van der Waals surface area contributed by atoms with Crippen LogP contribution in [-0.2, 0) is 4.79 Å². The standard InChI is InChI=1S/C19H27N3O3/c1-15-5-4-8-17(13-15)25-14-18(23)21-9-11-22(12-10-21)19(24)20-16-6-2-3-7-16/h4-5,8,13,16H,2-3,6-7,9-12,14H2,1H3,(H,20,24). The van der Waals surface area contributed by atoms with Gasteiger partial charge in [0.1, 0.15) is 5.75 Å². The van der Waals surface area contributed by atoms with Crippen LogP contribution in [0.2, 0.25) is 0 Å². The van der Waals surface area contributed by atoms with Gasteiger partial charge in [0.15, 0.2) is 6.61 Å². The first-order chi connectivity index (χ1) is 12.1. The third-order valence-electron chi connectivity index (χ3n) is 4.95. The van der Waals surface area contributed by atoms with Crippen molar-refractivity contribution >= 4 is 11.9 Å². The van der Waals surface area contributed by atoms with Crippen molar-refractivity contribution in [3.8, 4) is 5.75 Å². The van der Waals surface area contributed by atoms with Gasteiger partial charge >= 0.3 is 6.03 Å². The summed E-state index contributed by atoms with van der Waals surface area (Å²) in [5, 5.41) is 3.10. The fourth-order valence-electron chi connectivity index (χ4n) is 3.44. The van der Waals surface area contributed by atoms with Crippen LogP contribution in [0, 0.1) is 6.92 Å². The molecule has 3 rings (SSSR count). The summed E-state index contributed by atoms with van der Waals surface area (Å²) in [6.45, 7) is 4.31. The number of nitrogens with zero attached hydrogens (tertiary/aromatic N) is 2. The summed E-state index contributed by atoms with van der Waals surface area (Å²) in [4.78, 5) is 28.1. The van der Waals surface area contributed by atoms with Crippen LogP contribution >= 0.6 is 0 Å². The predicted molar refractivity (Wildman–Crippen MR) is 95.6 cm³/mol. The summed E-state index contributed by atoms with van der Waals surface area (Å²) in [5.41, 5.74) is 1.10. The smallest absolute Gasteiger partial charge is 0.317 e. The lowest BCUT2D eigenvalue weighted by molar-refractivity contribution is -0.134. The molecule has 1 aliphatic carbocycles. The number of nitrogens with one attached hydrogen (secondary N) is 1. The molecule has 0 unspecified atom stereocenters. The normalized spacial score (nSPS) is 18.3. The number of urea groups is 1. The van der Waals surface area contributed by atoms with Crippen LogP contribution in [0.5, 0.6) is 5.75 Å². The Morgan fingerprint density at radius 3 is 2.48 bits per heavy atom. The first-order valence-corrected chi connectivity index (χ1v) is 9.14. The molecule has 6 nitrogen and oxygen atoms in total. The summed E-state index contributed by atoms with van der Waals surface area (Å²) in [5.74, 6) is 0.681. The van der Waals surface area contributed by atoms with Gasteiger partial charge in [0, 0.05) is 32.2 Å². The zero-order chi connectivity index (χ0) is 17.6. The molecule has 6 heteroatoms. The third-order valence-corrected chi connectivity index (χ3v) is 4.95. The highest BCUT2D eigenvalue weighted by molar-refractivity contribution is 5.79. The number of amides is 3. The van der Waals surface area contributed by atoms with Gasteiger partial charge in [0.05, 0.1) is 0 Å². The summed E-state index contributed by atoms with van der Waals surface area (Å²) in [6, 6.07) is 8.01. The van der Waals surface area contributed by atoms with Crippen LogP contribution in [0.4, 0.5) is 4.79 Å². The molecule has 1 heterocycles. The van der Waals surface area contributed by atoms with Crippen molar-refractivity contribution in [3.05, 3.63) is 29.8 Å². The van der Waals surface area contributed by atoms with E-state index in [0.717, 1.165) is 18.4 Å². The molecule has 0 atom stereocenters. The van der Waals surface area contributed by atoms with Gasteiger partial charge in [0.25, 0.3) is 5.91 Å². The Morgan fingerprint density at radius 2 is 1.80 bits per heavy atom. The maximum Gasteiger partial charge on any atom is 0.317 e. The van der Waals surface area contributed by atoms with Crippen LogP contribution in [0.25, 0.3) is 0 Å². The fraction of sp³-hybridized carbons (Fsp3) is 0.579. The van der Waals surface area contributed by atoms with Crippen molar-refractivity contribution in [1.29, 1.82) is 0 Å². The molecule has 0 bridgehead atoms. The zero-order valence-corrected chi connectivity index (χ0v) is 14.9. The number of aryl methyl sites for hydroxylation is 1. The predicted octanol–water partition coefficient (Wildman–Crippen LogP) is 2.17. The van der Waals surface area contributed by atoms with Gasteiger partial charge < -0.3 is 19.9 Å². The molecule has 0 aromatic heterocycles. The van der Waals surface area contributed by atoms with Gasteiger partial charge in [-0.05, 0) is 37.5 Å². The van der Waals surface area contributed by atoms with Crippen LogP contribution in [0.15, 0.2) is 24.3 Å². The van der Waals surface area contributed by atoms with Gasteiger partial charge in [-0.2, -0.15) is 0 Å². The second-order valence-corrected chi connectivity index (χ2v) is 6.90. The summed E-state index contributed by atoms with van der Waals surface area (Å²) < 4.78 is 5.58. The highest BCUT2D eigenvalue weighted by Crippen LogP contribution is 2.18. The van der Waals surface area contributed by atoms with E-state index in [4.69, 9.17) is 4.74 Å². The van der Waals surface area contributed by atoms with E-state index in [2.05, 4.69) is 5.32 Å². The highest BCUT2D eigenvalue weighted by atomic mass is 16.5. The molecular formula is C19H27N3O3. The molecule has 3 amide bonds. The molecule has 0 radical (unpaired) electrons. The molecule has 2 fully saturated rings. The molecule has 0 spiro atoms. The van der Waals surface area contributed by atoms with Crippen LogP contribution < -0.4 is 10.1 Å². The van der Waals surface area contributed by atoms with E-state index in [-0.39, 0.29) is 18.5 Å². The van der Waals surface area contributed by atoms with E-state index < -0.39 is 0 Å². The van der Waals surface area contributed by atoms with Gasteiger partial charge in [-0.25, -0.2) is 4.79 Å². The van der Waals surface area contributed by atoms with E-state index >= 15 is 0 Å². The van der Waals surface area contributed by atoms with Crippen molar-refractivity contribution in [2.75, 3.05) is 32.8 Å². The molecule has 1 aromatic rings. The van der Waals surface area contributed by atoms with Crippen molar-refractivity contribution in [2.24, 2.45) is 0 Å². The van der Waals surface area contributed by atoms with Gasteiger partial charge in [0.2, 0.25) is 0 Å². The summed E-state index contributed by atoms with van der Waals surface area (Å²) in [6.07, 6.45) is 4.57. The Morgan fingerprint density at radius 1 is 1.12 bits per heavy atom. The molecule has 1 saturated heterocycles. The first-order valence-electron chi connectivity index (χ1n) is 9.14. The number of carbonyl (C=O) groups excluding carboxylic acids is 2. The minimum absolute atomic E-state index is 0.00927. The third kappa shape index (κ3) is 4.87. The molecule has 1 aliphatic heterocycles. The van der Waals surface area contributed by atoms with Crippen molar-refractivity contribution in [2.45, 2.75) is 38.6 Å². The molecule has 1 aromatic carbocycles. The minimum atomic E-state index is -0.0302. The zero-order valence-electron chi connectivity index (χ0n) is 14.9. The number of hydrogen-bond acceptors (Lipinski definition) is 3. The Hall–Kier alpha value is -2.24. The molecule has 2 aliphatic rings. The lowest BCUT2D eigenvalue weighted by Crippen LogP contribution is -2.55. The molecule has 136 valence electrons. The number of benzene rings is 1. The monoisotopic (exact) mass is 345 g/mol. The maximum absolute atomic E-state index is 12.3. The fourth-order valence-corrected chi connectivity index (χ4v) is 3.44. The summed E-state index contributed by atoms with van der Waals surface area (Å²) in [7, 11) is 0. The second kappa shape index (κ2) is 8.23. The number of ether oxygens (including phenoxy) is 1. The highest BCUT2D eigenvalue weighted by Gasteiger charge is 2.26. The maximum atomic E-state index is 12.3. The number of carbonyl (C=O) groups is 2. The molecule has 1 N–H and O–H groups in total. The Balaban J connectivity index is 1.40. The minimum Gasteiger partial charge on any atom is -0.484 e. The average molecular weight is 345 g/mol. The van der Waals surface area contributed by atoms with Gasteiger partial charge in [-0.15, -0.1) is 0 Å². The van der Waals surface area contributed by atoms with E-state index in [1.54, 1.807) is 4.90 Å². The van der Waals surface area contributed by atoms with Gasteiger partial charge in [-0.3, -0.25) is 4.79 Å². The Kier molecular flexibility index (Phi) is 5.79. The van der Waals surface area contributed by atoms with Gasteiger partial charge in [-0.1, -0.05) is 25.0 Å². The number of rotatable bonds is 4. The molecule has 25 heavy (non-hydrogen) atoms. The quantitative estimate of drug-likeness (QED) is 0.910. The topological polar surface area (TPSA) is 61.9 Å². The summed E-state index contributed by atoms with van der Waals surface area (Å²) >= 11 is 0. The van der Waals surface area contributed by atoms with Crippen LogP contribution in [-0.4, -0.2) is 60.6 Å². The lowest BCUT2D eigenvalue weighted by atomic mass is 10.2. The SMILES string of the molecule is Cc1cccc(OCC(=O)N2CCN(C(=O)NC3CCCC3)CC2)c1. The van der Waals surface area contributed by atoms with Crippen molar-refractivity contribution < 1.29 is 14.3 Å². The van der Waals surface area contributed by atoms with Crippen LogP contribution in [0.3, 0.4) is 0 Å². The lowest BCUT2D eigenvalue weighted by Gasteiger charge is -2.35. The van der Waals surface area contributed by atoms with E-state index in [9.17, 15) is 9.59 Å². The molecule has 1 saturated carbocycles. The van der Waals surface area contributed by atoms with E-state index in [1.165, 1.54) is 12.8 Å². The largest absolute Gasteiger partial charge is 0.484 e. The Labute approximate surface area is 149 Å². The Bertz CT molecular complexity index is 606. The van der Waals surface area contributed by atoms with E-state index in [0.29, 0.717) is 38.0 Å². The van der Waals surface area contributed by atoms with Crippen LogP contribution in [0.1, 0.15) is 31.2 Å².